The van der Waals surface area contributed by atoms with E-state index < -0.39 is 29.7 Å². The predicted molar refractivity (Wildman–Crippen MR) is 217 cm³/mol. The minimum Gasteiger partial charge on any atom is -0.490 e. The zero-order chi connectivity index (χ0) is 40.2. The molecule has 15 nitrogen and oxygen atoms in total. The molecule has 4 aliphatic heterocycles. The maximum atomic E-state index is 13.3. The fourth-order valence-corrected chi connectivity index (χ4v) is 9.51. The van der Waals surface area contributed by atoms with Gasteiger partial charge in [-0.3, -0.25) is 39.2 Å². The van der Waals surface area contributed by atoms with Crippen molar-refractivity contribution in [2.75, 3.05) is 31.9 Å². The summed E-state index contributed by atoms with van der Waals surface area (Å²) in [6.07, 6.45) is 7.58. The summed E-state index contributed by atoms with van der Waals surface area (Å²) in [5.74, 6) is 0.432. The maximum Gasteiger partial charge on any atom is 0.262 e. The second-order valence-electron chi connectivity index (χ2n) is 16.3. The quantitative estimate of drug-likeness (QED) is 0.192. The Morgan fingerprint density at radius 1 is 0.695 bits per heavy atom. The fraction of sp³-hybridized carbons (Fsp3) is 0.386. The molecule has 5 aromatic rings. The number of ether oxygens (including phenoxy) is 2. The number of fused-ring (bicyclic) bond motifs is 2. The van der Waals surface area contributed by atoms with Crippen LogP contribution in [0, 0.1) is 0 Å². The van der Waals surface area contributed by atoms with E-state index in [2.05, 4.69) is 29.8 Å². The van der Waals surface area contributed by atoms with Crippen LogP contribution in [-0.2, 0) is 9.59 Å². The number of carbonyl (C=O) groups is 4. The van der Waals surface area contributed by atoms with Gasteiger partial charge in [0.15, 0.2) is 5.65 Å². The van der Waals surface area contributed by atoms with Crippen molar-refractivity contribution in [3.05, 3.63) is 90.3 Å². The zero-order valence-corrected chi connectivity index (χ0v) is 32.5. The molecule has 10 rings (SSSR count). The summed E-state index contributed by atoms with van der Waals surface area (Å²) in [5.41, 5.74) is 9.40. The number of hydrogen-bond acceptors (Lipinski definition) is 12. The molecule has 4 amide bonds. The van der Waals surface area contributed by atoms with Gasteiger partial charge in [-0.1, -0.05) is 18.2 Å². The molecular weight excluding hydrogens is 751 g/mol. The number of amides is 4. The molecule has 15 heteroatoms. The molecular formula is C44H45N9O6. The Kier molecular flexibility index (Phi) is 9.56. The highest BCUT2D eigenvalue weighted by atomic mass is 16.5. The van der Waals surface area contributed by atoms with Gasteiger partial charge in [-0.25, -0.2) is 14.6 Å². The number of nitrogens with one attached hydrogen (secondary N) is 1. The molecule has 3 N–H and O–H groups in total. The number of nitrogen functional groups attached to an aromatic ring is 1. The van der Waals surface area contributed by atoms with E-state index in [1.54, 1.807) is 18.2 Å². The minimum absolute atomic E-state index is 0.0198. The molecule has 1 unspecified atom stereocenters. The van der Waals surface area contributed by atoms with Gasteiger partial charge in [0.2, 0.25) is 11.8 Å². The van der Waals surface area contributed by atoms with Gasteiger partial charge in [-0.15, -0.1) is 0 Å². The van der Waals surface area contributed by atoms with Crippen LogP contribution in [0.25, 0.3) is 22.3 Å². The number of nitrogens with zero attached hydrogens (tertiary/aromatic N) is 7. The molecule has 0 spiro atoms. The lowest BCUT2D eigenvalue weighted by Crippen LogP contribution is -2.63. The third-order valence-electron chi connectivity index (χ3n) is 12.8. The Balaban J connectivity index is 0.711. The van der Waals surface area contributed by atoms with Crippen LogP contribution in [0.3, 0.4) is 0 Å². The van der Waals surface area contributed by atoms with Crippen LogP contribution < -0.4 is 20.5 Å². The number of anilines is 1. The molecule has 59 heavy (non-hydrogen) atoms. The van der Waals surface area contributed by atoms with E-state index in [9.17, 15) is 19.2 Å². The first-order chi connectivity index (χ1) is 28.8. The van der Waals surface area contributed by atoms with Crippen LogP contribution in [0.5, 0.6) is 17.2 Å². The summed E-state index contributed by atoms with van der Waals surface area (Å²) in [5, 5.41) is 8.13. The number of likely N-dealkylation sites (tertiary alicyclic amines) is 2. The van der Waals surface area contributed by atoms with Crippen molar-refractivity contribution < 1.29 is 28.7 Å². The Morgan fingerprint density at radius 3 is 2.15 bits per heavy atom. The van der Waals surface area contributed by atoms with Gasteiger partial charge >= 0.3 is 0 Å². The number of carbonyl (C=O) groups excluding carboxylic acids is 4. The van der Waals surface area contributed by atoms with E-state index in [1.165, 1.54) is 6.33 Å². The summed E-state index contributed by atoms with van der Waals surface area (Å²) >= 11 is 0. The van der Waals surface area contributed by atoms with Crippen LogP contribution in [0.4, 0.5) is 5.82 Å². The predicted octanol–water partition coefficient (Wildman–Crippen LogP) is 4.98. The number of hydrogen-bond donors (Lipinski definition) is 2. The van der Waals surface area contributed by atoms with Crippen molar-refractivity contribution >= 4 is 40.5 Å². The average Bonchev–Trinajstić information content (AvgIpc) is 3.74. The molecule has 0 bridgehead atoms. The minimum atomic E-state index is -0.989. The number of para-hydroxylation sites is 1. The molecule has 3 aromatic carbocycles. The van der Waals surface area contributed by atoms with Crippen LogP contribution in [0.15, 0.2) is 79.1 Å². The third-order valence-corrected chi connectivity index (χ3v) is 12.8. The van der Waals surface area contributed by atoms with Gasteiger partial charge in [0, 0.05) is 50.2 Å². The lowest BCUT2D eigenvalue weighted by molar-refractivity contribution is -0.136. The Morgan fingerprint density at radius 2 is 1.41 bits per heavy atom. The van der Waals surface area contributed by atoms with Gasteiger partial charge in [0.25, 0.3) is 11.8 Å². The summed E-state index contributed by atoms with van der Waals surface area (Å²) in [4.78, 5) is 65.6. The smallest absolute Gasteiger partial charge is 0.262 e. The molecule has 4 fully saturated rings. The van der Waals surface area contributed by atoms with E-state index in [0.29, 0.717) is 23.7 Å². The summed E-state index contributed by atoms with van der Waals surface area (Å²) < 4.78 is 14.4. The standard InChI is InChI=1S/C44H45N9O6/c45-40-38-39(26-6-10-31(11-7-26)58-30-4-2-1-3-5-30)49-53(41(38)47-25-46-40)28-18-20-50(21-19-28)29-23-51(24-29)27-8-12-32(13-9-27)59-33-14-15-34-35(22-33)44(57)52(43(34)56)36-16-17-37(54)48-42(36)55/h1-7,10-11,14-15,22,25,27-29,32,36H,8-9,12-13,16-21,23-24H2,(H2,45,46,47)(H,48,54,55). The molecule has 3 saturated heterocycles. The molecule has 1 aliphatic carbocycles. The number of nitrogens with two attached hydrogens (primary N) is 1. The summed E-state index contributed by atoms with van der Waals surface area (Å²) in [6, 6.07) is 22.8. The SMILES string of the molecule is Nc1ncnc2c1c(-c1ccc(Oc3ccccc3)cc1)nn2C1CCN(C2CN(C3CCC(Oc4ccc5c(c4)C(=O)N(C4CCC(=O)NC4=O)C5=O)CC3)C2)CC1. The van der Waals surface area contributed by atoms with Crippen LogP contribution in [0.1, 0.15) is 78.1 Å². The highest BCUT2D eigenvalue weighted by Gasteiger charge is 2.45. The summed E-state index contributed by atoms with van der Waals surface area (Å²) in [7, 11) is 0. The van der Waals surface area contributed by atoms with Crippen LogP contribution in [-0.4, -0.2) is 108 Å². The van der Waals surface area contributed by atoms with Crippen LogP contribution >= 0.6 is 0 Å². The zero-order valence-electron chi connectivity index (χ0n) is 32.5. The van der Waals surface area contributed by atoms with Crippen molar-refractivity contribution in [3.63, 3.8) is 0 Å². The van der Waals surface area contributed by atoms with Gasteiger partial charge in [-0.05, 0) is 99.5 Å². The Labute approximate surface area is 340 Å². The fourth-order valence-electron chi connectivity index (χ4n) is 9.51. The molecule has 1 saturated carbocycles. The van der Waals surface area contributed by atoms with Crippen LogP contribution in [0.2, 0.25) is 0 Å². The largest absolute Gasteiger partial charge is 0.490 e. The molecule has 6 heterocycles. The monoisotopic (exact) mass is 795 g/mol. The Hall–Kier alpha value is -6.19. The molecule has 1 atom stereocenters. The van der Waals surface area contributed by atoms with Crippen molar-refractivity contribution in [1.29, 1.82) is 0 Å². The first-order valence-electron chi connectivity index (χ1n) is 20.6. The van der Waals surface area contributed by atoms with E-state index in [0.717, 1.165) is 103 Å². The number of rotatable bonds is 9. The third kappa shape index (κ3) is 6.97. The first kappa shape index (κ1) is 37.1. The van der Waals surface area contributed by atoms with Crippen molar-refractivity contribution in [2.45, 2.75) is 81.6 Å². The van der Waals surface area contributed by atoms with E-state index in [1.807, 2.05) is 54.6 Å². The van der Waals surface area contributed by atoms with Gasteiger partial charge < -0.3 is 15.2 Å². The van der Waals surface area contributed by atoms with Crippen molar-refractivity contribution in [3.8, 4) is 28.5 Å². The molecule has 302 valence electrons. The first-order valence-corrected chi connectivity index (χ1v) is 20.6. The van der Waals surface area contributed by atoms with Gasteiger partial charge in [0.05, 0.1) is 28.7 Å². The molecule has 5 aliphatic rings. The second kappa shape index (κ2) is 15.2. The van der Waals surface area contributed by atoms with E-state index in [4.69, 9.17) is 20.3 Å². The number of imide groups is 2. The highest BCUT2D eigenvalue weighted by Crippen LogP contribution is 2.38. The topological polar surface area (TPSA) is 178 Å². The van der Waals surface area contributed by atoms with Gasteiger partial charge in [-0.2, -0.15) is 5.10 Å². The van der Waals surface area contributed by atoms with E-state index >= 15 is 0 Å². The van der Waals surface area contributed by atoms with Gasteiger partial charge in [0.1, 0.15) is 41.1 Å². The number of aromatic nitrogens is 4. The van der Waals surface area contributed by atoms with Crippen molar-refractivity contribution in [2.24, 2.45) is 0 Å². The normalized spacial score (nSPS) is 23.3. The lowest BCUT2D eigenvalue weighted by atomic mass is 9.88. The number of piperidine rings is 2. The number of benzene rings is 3. The highest BCUT2D eigenvalue weighted by molar-refractivity contribution is 6.23. The average molecular weight is 796 g/mol. The maximum absolute atomic E-state index is 13.3. The molecule has 0 radical (unpaired) electrons. The molecule has 2 aromatic heterocycles. The second-order valence-corrected chi connectivity index (χ2v) is 16.3. The Bertz CT molecular complexity index is 2430. The summed E-state index contributed by atoms with van der Waals surface area (Å²) in [6.45, 7) is 4.11. The van der Waals surface area contributed by atoms with Crippen molar-refractivity contribution in [1.82, 2.24) is 39.8 Å². The van der Waals surface area contributed by atoms with E-state index in [-0.39, 0.29) is 36.1 Å². The lowest BCUT2D eigenvalue weighted by Gasteiger charge is -2.51.